The van der Waals surface area contributed by atoms with Gasteiger partial charge in [0.2, 0.25) is 0 Å². The molecule has 0 fully saturated rings. The first-order valence-electron chi connectivity index (χ1n) is 5.96. The van der Waals surface area contributed by atoms with Crippen molar-refractivity contribution in [1.29, 1.82) is 0 Å². The minimum atomic E-state index is -3.64. The van der Waals surface area contributed by atoms with Crippen LogP contribution in [0.4, 0.5) is 5.69 Å². The van der Waals surface area contributed by atoms with E-state index in [9.17, 15) is 8.42 Å². The van der Waals surface area contributed by atoms with Crippen LogP contribution in [-0.4, -0.2) is 14.1 Å². The maximum atomic E-state index is 12.0. The van der Waals surface area contributed by atoms with E-state index < -0.39 is 10.0 Å². The molecule has 0 atom stereocenters. The first-order valence-corrected chi connectivity index (χ1v) is 7.44. The van der Waals surface area contributed by atoms with Gasteiger partial charge in [-0.3, -0.25) is 0 Å². The van der Waals surface area contributed by atoms with Gasteiger partial charge in [-0.25, -0.2) is 0 Å². The summed E-state index contributed by atoms with van der Waals surface area (Å²) in [5.74, 6) is 0. The highest BCUT2D eigenvalue weighted by molar-refractivity contribution is 7.89. The quantitative estimate of drug-likeness (QED) is 0.512. The highest BCUT2D eigenvalue weighted by Crippen LogP contribution is 2.09. The predicted octanol–water partition coefficient (Wildman–Crippen LogP) is 1.97. The van der Waals surface area contributed by atoms with Crippen molar-refractivity contribution in [2.75, 3.05) is 5.73 Å². The Morgan fingerprint density at radius 2 is 1.80 bits per heavy atom. The molecule has 0 spiro atoms. The Morgan fingerprint density at radius 1 is 1.10 bits per heavy atom. The highest BCUT2D eigenvalue weighted by Gasteiger charge is 2.11. The number of hydrogen-bond donors (Lipinski definition) is 2. The van der Waals surface area contributed by atoms with Gasteiger partial charge in [-0.15, -0.1) is 0 Å². The normalized spacial score (nSPS) is 12.2. The predicted molar refractivity (Wildman–Crippen MR) is 79.8 cm³/mol. The molecule has 3 N–H and O–H groups in total. The average molecular weight is 289 g/mol. The van der Waals surface area contributed by atoms with E-state index in [1.165, 1.54) is 12.1 Å². The molecule has 20 heavy (non-hydrogen) atoms. The minimum absolute atomic E-state index is 0.170. The number of nitrogens with zero attached hydrogens (tertiary/aromatic N) is 1. The van der Waals surface area contributed by atoms with Crippen LogP contribution in [0.15, 0.2) is 64.6 Å². The Hall–Kier alpha value is -2.34. The van der Waals surface area contributed by atoms with E-state index in [2.05, 4.69) is 9.93 Å². The maximum Gasteiger partial charge on any atom is 0.276 e. The van der Waals surface area contributed by atoms with Crippen molar-refractivity contribution in [1.82, 2.24) is 4.83 Å². The fourth-order valence-corrected chi connectivity index (χ4v) is 2.49. The zero-order chi connectivity index (χ0) is 14.6. The molecular formula is C14H15N3O2S. The number of hydrazone groups is 1. The fraction of sp³-hybridized carbons (Fsp3) is 0.0714. The van der Waals surface area contributed by atoms with Crippen molar-refractivity contribution in [2.24, 2.45) is 5.10 Å². The van der Waals surface area contributed by atoms with E-state index in [0.29, 0.717) is 11.4 Å². The monoisotopic (exact) mass is 289 g/mol. The van der Waals surface area contributed by atoms with Gasteiger partial charge in [0.05, 0.1) is 10.6 Å². The van der Waals surface area contributed by atoms with Crippen LogP contribution in [0, 0.1) is 0 Å². The van der Waals surface area contributed by atoms with Gasteiger partial charge in [0, 0.05) is 5.69 Å². The Morgan fingerprint density at radius 3 is 2.45 bits per heavy atom. The molecule has 0 unspecified atom stereocenters. The van der Waals surface area contributed by atoms with Gasteiger partial charge in [0.15, 0.2) is 0 Å². The van der Waals surface area contributed by atoms with Crippen LogP contribution in [-0.2, 0) is 10.0 Å². The van der Waals surface area contributed by atoms with E-state index >= 15 is 0 Å². The topological polar surface area (TPSA) is 84.5 Å². The number of rotatable bonds is 4. The van der Waals surface area contributed by atoms with Gasteiger partial charge in [0.1, 0.15) is 0 Å². The number of sulfonamides is 1. The van der Waals surface area contributed by atoms with Crippen LogP contribution in [0.5, 0.6) is 0 Å². The maximum absolute atomic E-state index is 12.0. The van der Waals surface area contributed by atoms with Crippen LogP contribution in [0.1, 0.15) is 12.5 Å². The van der Waals surface area contributed by atoms with E-state index in [-0.39, 0.29) is 4.90 Å². The third-order valence-corrected chi connectivity index (χ3v) is 3.92. The Bertz CT molecular complexity index is 725. The van der Waals surface area contributed by atoms with Crippen molar-refractivity contribution in [3.63, 3.8) is 0 Å². The zero-order valence-electron chi connectivity index (χ0n) is 10.9. The van der Waals surface area contributed by atoms with E-state index in [1.54, 1.807) is 43.3 Å². The van der Waals surface area contributed by atoms with Gasteiger partial charge < -0.3 is 5.73 Å². The summed E-state index contributed by atoms with van der Waals surface area (Å²) in [6, 6.07) is 15.2. The molecule has 104 valence electrons. The Kier molecular flexibility index (Phi) is 4.05. The van der Waals surface area contributed by atoms with E-state index in [4.69, 9.17) is 5.73 Å². The van der Waals surface area contributed by atoms with Crippen LogP contribution in [0.25, 0.3) is 0 Å². The molecule has 0 amide bonds. The minimum Gasteiger partial charge on any atom is -0.399 e. The molecule has 0 heterocycles. The standard InChI is InChI=1S/C14H15N3O2S/c1-11(12-6-5-7-13(15)10-12)16-17-20(18,19)14-8-3-2-4-9-14/h2-10,17H,15H2,1H3/b16-11-. The van der Waals surface area contributed by atoms with Crippen molar-refractivity contribution in [2.45, 2.75) is 11.8 Å². The molecule has 0 aliphatic heterocycles. The van der Waals surface area contributed by atoms with E-state index in [1.807, 2.05) is 6.07 Å². The van der Waals surface area contributed by atoms with Gasteiger partial charge in [-0.05, 0) is 36.8 Å². The number of nitrogens with two attached hydrogens (primary N) is 1. The first-order chi connectivity index (χ1) is 9.49. The molecule has 0 saturated carbocycles. The van der Waals surface area contributed by atoms with Crippen molar-refractivity contribution >= 4 is 21.4 Å². The molecular weight excluding hydrogens is 274 g/mol. The van der Waals surface area contributed by atoms with Crippen molar-refractivity contribution in [3.05, 3.63) is 60.2 Å². The molecule has 0 aromatic heterocycles. The summed E-state index contributed by atoms with van der Waals surface area (Å²) >= 11 is 0. The largest absolute Gasteiger partial charge is 0.399 e. The summed E-state index contributed by atoms with van der Waals surface area (Å²) in [6.45, 7) is 1.71. The third-order valence-electron chi connectivity index (χ3n) is 2.69. The zero-order valence-corrected chi connectivity index (χ0v) is 11.8. The molecule has 0 saturated heterocycles. The lowest BCUT2D eigenvalue weighted by molar-refractivity contribution is 0.584. The van der Waals surface area contributed by atoms with Crippen molar-refractivity contribution < 1.29 is 8.42 Å². The summed E-state index contributed by atoms with van der Waals surface area (Å²) in [5.41, 5.74) is 7.58. The number of benzene rings is 2. The Labute approximate surface area is 118 Å². The van der Waals surface area contributed by atoms with Gasteiger partial charge in [-0.2, -0.15) is 18.4 Å². The molecule has 0 aliphatic rings. The number of nitrogen functional groups attached to an aromatic ring is 1. The molecule has 0 radical (unpaired) electrons. The molecule has 5 nitrogen and oxygen atoms in total. The molecule has 0 bridgehead atoms. The first kappa shape index (κ1) is 14.1. The summed E-state index contributed by atoms with van der Waals surface area (Å²) in [6.07, 6.45) is 0. The second-order valence-corrected chi connectivity index (χ2v) is 5.89. The van der Waals surface area contributed by atoms with Crippen molar-refractivity contribution in [3.8, 4) is 0 Å². The molecule has 6 heteroatoms. The summed E-state index contributed by atoms with van der Waals surface area (Å²) in [4.78, 5) is 2.38. The molecule has 0 aliphatic carbocycles. The Balaban J connectivity index is 2.21. The molecule has 2 aromatic rings. The van der Waals surface area contributed by atoms with E-state index in [0.717, 1.165) is 5.56 Å². The second kappa shape index (κ2) is 5.75. The SMILES string of the molecule is C/C(=N/NS(=O)(=O)c1ccccc1)c1cccc(N)c1. The second-order valence-electron chi connectivity index (χ2n) is 4.23. The van der Waals surface area contributed by atoms with Crippen LogP contribution < -0.4 is 10.6 Å². The fourth-order valence-electron chi connectivity index (χ4n) is 1.61. The molecule has 2 aromatic carbocycles. The van der Waals surface area contributed by atoms with Gasteiger partial charge in [-0.1, -0.05) is 30.3 Å². The smallest absolute Gasteiger partial charge is 0.276 e. The number of anilines is 1. The third kappa shape index (κ3) is 3.36. The average Bonchev–Trinajstić information content (AvgIpc) is 2.46. The lowest BCUT2D eigenvalue weighted by Crippen LogP contribution is -2.19. The summed E-state index contributed by atoms with van der Waals surface area (Å²) in [5, 5.41) is 3.91. The summed E-state index contributed by atoms with van der Waals surface area (Å²) < 4.78 is 24.0. The van der Waals surface area contributed by atoms with Crippen LogP contribution in [0.2, 0.25) is 0 Å². The lowest BCUT2D eigenvalue weighted by atomic mass is 10.1. The number of nitrogens with one attached hydrogen (secondary N) is 1. The number of hydrogen-bond acceptors (Lipinski definition) is 4. The van der Waals surface area contributed by atoms with Gasteiger partial charge >= 0.3 is 0 Å². The van der Waals surface area contributed by atoms with Crippen LogP contribution in [0.3, 0.4) is 0 Å². The summed E-state index contributed by atoms with van der Waals surface area (Å²) in [7, 11) is -3.64. The van der Waals surface area contributed by atoms with Crippen LogP contribution >= 0.6 is 0 Å². The lowest BCUT2D eigenvalue weighted by Gasteiger charge is -2.05. The highest BCUT2D eigenvalue weighted by atomic mass is 32.2. The van der Waals surface area contributed by atoms with Gasteiger partial charge in [0.25, 0.3) is 10.0 Å². The molecule has 2 rings (SSSR count).